The predicted molar refractivity (Wildman–Crippen MR) is 87.8 cm³/mol. The molecule has 0 saturated heterocycles. The van der Waals surface area contributed by atoms with Gasteiger partial charge in [-0.1, -0.05) is 39.5 Å². The monoisotopic (exact) mass is 276 g/mol. The minimum atomic E-state index is 0.835. The second-order valence-electron chi connectivity index (χ2n) is 8.82. The lowest BCUT2D eigenvalue weighted by Crippen LogP contribution is -2.49. The molecule has 0 radical (unpaired) electrons. The average Bonchev–Trinajstić information content (AvgIpc) is 2.43. The fourth-order valence-corrected chi connectivity index (χ4v) is 6.22. The Morgan fingerprint density at radius 3 is 1.30 bits per heavy atom. The molecule has 0 aromatic heterocycles. The molecule has 3 aliphatic rings. The zero-order valence-corrected chi connectivity index (χ0v) is 14.1. The molecule has 0 nitrogen and oxygen atoms in total. The van der Waals surface area contributed by atoms with Gasteiger partial charge in [-0.15, -0.1) is 0 Å². The maximum atomic E-state index is 2.36. The van der Waals surface area contributed by atoms with Crippen molar-refractivity contribution in [2.45, 2.75) is 104 Å². The van der Waals surface area contributed by atoms with E-state index in [4.69, 9.17) is 0 Å². The highest BCUT2D eigenvalue weighted by molar-refractivity contribution is 5.06. The van der Waals surface area contributed by atoms with Gasteiger partial charge >= 0.3 is 0 Å². The first-order valence-electron chi connectivity index (χ1n) is 9.69. The highest BCUT2D eigenvalue weighted by Crippen LogP contribution is 2.67. The first-order chi connectivity index (χ1) is 9.69. The van der Waals surface area contributed by atoms with Crippen LogP contribution in [-0.2, 0) is 0 Å². The lowest BCUT2D eigenvalue weighted by atomic mass is 9.44. The van der Waals surface area contributed by atoms with Crippen LogP contribution in [0.1, 0.15) is 104 Å². The standard InChI is InChI=1S/C20H36/c1-3-5-17-7-11-19(12-8-17)15-20(16-19)13-9-18(6-4-2)10-14-20/h17-18H,3-16H2,1-2H3. The van der Waals surface area contributed by atoms with Crippen molar-refractivity contribution in [2.24, 2.45) is 22.7 Å². The lowest BCUT2D eigenvalue weighted by Gasteiger charge is -2.61. The Kier molecular flexibility index (Phi) is 4.48. The minimum absolute atomic E-state index is 0.835. The van der Waals surface area contributed by atoms with Gasteiger partial charge in [-0.05, 0) is 86.9 Å². The van der Waals surface area contributed by atoms with Crippen LogP contribution in [0.4, 0.5) is 0 Å². The van der Waals surface area contributed by atoms with Crippen molar-refractivity contribution in [1.29, 1.82) is 0 Å². The number of rotatable bonds is 4. The Bertz CT molecular complexity index is 260. The van der Waals surface area contributed by atoms with Gasteiger partial charge in [0, 0.05) is 0 Å². The van der Waals surface area contributed by atoms with Crippen LogP contribution in [-0.4, -0.2) is 0 Å². The van der Waals surface area contributed by atoms with Gasteiger partial charge in [0.25, 0.3) is 0 Å². The fraction of sp³-hybridized carbons (Fsp3) is 1.00. The quantitative estimate of drug-likeness (QED) is 0.533. The van der Waals surface area contributed by atoms with E-state index in [1.54, 1.807) is 64.2 Å². The molecule has 0 heterocycles. The topological polar surface area (TPSA) is 0 Å². The summed E-state index contributed by atoms with van der Waals surface area (Å²) in [4.78, 5) is 0. The zero-order chi connectivity index (χ0) is 14.1. The molecule has 3 rings (SSSR count). The SMILES string of the molecule is CCCC1CCC2(CC1)CC1(CCC(CCC)CC1)C2. The van der Waals surface area contributed by atoms with Crippen molar-refractivity contribution in [2.75, 3.05) is 0 Å². The van der Waals surface area contributed by atoms with E-state index in [1.807, 2.05) is 0 Å². The van der Waals surface area contributed by atoms with Crippen LogP contribution in [0.25, 0.3) is 0 Å². The molecule has 0 aliphatic heterocycles. The Balaban J connectivity index is 1.45. The molecule has 0 bridgehead atoms. The van der Waals surface area contributed by atoms with Crippen LogP contribution in [0.15, 0.2) is 0 Å². The van der Waals surface area contributed by atoms with Crippen molar-refractivity contribution in [3.05, 3.63) is 0 Å². The molecule has 0 N–H and O–H groups in total. The Morgan fingerprint density at radius 1 is 0.650 bits per heavy atom. The lowest BCUT2D eigenvalue weighted by molar-refractivity contribution is -0.102. The van der Waals surface area contributed by atoms with Crippen LogP contribution in [0.2, 0.25) is 0 Å². The summed E-state index contributed by atoms with van der Waals surface area (Å²) >= 11 is 0. The molecule has 2 spiro atoms. The molecule has 0 aromatic carbocycles. The maximum Gasteiger partial charge on any atom is -0.0287 e. The summed E-state index contributed by atoms with van der Waals surface area (Å²) in [6.07, 6.45) is 21.6. The van der Waals surface area contributed by atoms with Gasteiger partial charge < -0.3 is 0 Å². The van der Waals surface area contributed by atoms with E-state index in [-0.39, 0.29) is 0 Å². The van der Waals surface area contributed by atoms with Crippen molar-refractivity contribution >= 4 is 0 Å². The van der Waals surface area contributed by atoms with Gasteiger partial charge in [0.05, 0.1) is 0 Å². The van der Waals surface area contributed by atoms with Crippen LogP contribution in [0.3, 0.4) is 0 Å². The summed E-state index contributed by atoms with van der Waals surface area (Å²) in [5, 5.41) is 0. The van der Waals surface area contributed by atoms with Gasteiger partial charge in [-0.25, -0.2) is 0 Å². The van der Waals surface area contributed by atoms with Crippen LogP contribution in [0, 0.1) is 22.7 Å². The molecule has 0 atom stereocenters. The van der Waals surface area contributed by atoms with E-state index >= 15 is 0 Å². The molecule has 0 amide bonds. The molecule has 20 heavy (non-hydrogen) atoms. The molecule has 0 unspecified atom stereocenters. The van der Waals surface area contributed by atoms with E-state index in [0.29, 0.717) is 0 Å². The van der Waals surface area contributed by atoms with Gasteiger partial charge in [-0.2, -0.15) is 0 Å². The van der Waals surface area contributed by atoms with Crippen LogP contribution < -0.4 is 0 Å². The molecule has 3 aliphatic carbocycles. The largest absolute Gasteiger partial charge is 0.0654 e. The highest BCUT2D eigenvalue weighted by Gasteiger charge is 2.55. The number of hydrogen-bond donors (Lipinski definition) is 0. The summed E-state index contributed by atoms with van der Waals surface area (Å²) < 4.78 is 0. The van der Waals surface area contributed by atoms with Crippen LogP contribution in [0.5, 0.6) is 0 Å². The number of hydrogen-bond acceptors (Lipinski definition) is 0. The predicted octanol–water partition coefficient (Wildman–Crippen LogP) is 6.73. The molecule has 3 saturated carbocycles. The Hall–Kier alpha value is 0. The fourth-order valence-electron chi connectivity index (χ4n) is 6.22. The molecule has 0 aromatic rings. The van der Waals surface area contributed by atoms with Crippen LogP contribution >= 0.6 is 0 Å². The van der Waals surface area contributed by atoms with E-state index in [9.17, 15) is 0 Å². The van der Waals surface area contributed by atoms with Gasteiger partial charge in [0.15, 0.2) is 0 Å². The Morgan fingerprint density at radius 2 is 1.00 bits per heavy atom. The van der Waals surface area contributed by atoms with Gasteiger partial charge in [-0.3, -0.25) is 0 Å². The summed E-state index contributed by atoms with van der Waals surface area (Å²) in [6.45, 7) is 4.72. The van der Waals surface area contributed by atoms with Crippen molar-refractivity contribution in [3.8, 4) is 0 Å². The highest BCUT2D eigenvalue weighted by atomic mass is 14.6. The minimum Gasteiger partial charge on any atom is -0.0654 e. The molecule has 0 heteroatoms. The van der Waals surface area contributed by atoms with Crippen molar-refractivity contribution < 1.29 is 0 Å². The van der Waals surface area contributed by atoms with E-state index in [2.05, 4.69) is 13.8 Å². The summed E-state index contributed by atoms with van der Waals surface area (Å²) in [5.41, 5.74) is 1.67. The summed E-state index contributed by atoms with van der Waals surface area (Å²) in [5.74, 6) is 2.17. The first kappa shape index (κ1) is 14.9. The summed E-state index contributed by atoms with van der Waals surface area (Å²) in [6, 6.07) is 0. The van der Waals surface area contributed by atoms with Crippen molar-refractivity contribution in [3.63, 3.8) is 0 Å². The second-order valence-corrected chi connectivity index (χ2v) is 8.82. The molecule has 116 valence electrons. The van der Waals surface area contributed by atoms with E-state index in [0.717, 1.165) is 22.7 Å². The summed E-state index contributed by atoms with van der Waals surface area (Å²) in [7, 11) is 0. The van der Waals surface area contributed by atoms with Crippen molar-refractivity contribution in [1.82, 2.24) is 0 Å². The third-order valence-corrected chi connectivity index (χ3v) is 7.23. The third kappa shape index (κ3) is 2.95. The smallest absolute Gasteiger partial charge is 0.0287 e. The first-order valence-corrected chi connectivity index (χ1v) is 9.69. The molecular weight excluding hydrogens is 240 g/mol. The Labute approximate surface area is 127 Å². The second kappa shape index (κ2) is 6.01. The van der Waals surface area contributed by atoms with Gasteiger partial charge in [0.1, 0.15) is 0 Å². The average molecular weight is 277 g/mol. The van der Waals surface area contributed by atoms with Gasteiger partial charge in [0.2, 0.25) is 0 Å². The van der Waals surface area contributed by atoms with E-state index < -0.39 is 0 Å². The normalized spacial score (nSPS) is 44.7. The zero-order valence-electron chi connectivity index (χ0n) is 14.1. The third-order valence-electron chi connectivity index (χ3n) is 7.23. The maximum absolute atomic E-state index is 2.36. The molecular formula is C20H36. The van der Waals surface area contributed by atoms with E-state index in [1.165, 1.54) is 25.7 Å². The molecule has 3 fully saturated rings.